The van der Waals surface area contributed by atoms with Gasteiger partial charge in [0.2, 0.25) is 17.6 Å². The van der Waals surface area contributed by atoms with Crippen molar-refractivity contribution in [2.45, 2.75) is 39.2 Å². The van der Waals surface area contributed by atoms with E-state index < -0.39 is 0 Å². The summed E-state index contributed by atoms with van der Waals surface area (Å²) in [6, 6.07) is 9.77. The summed E-state index contributed by atoms with van der Waals surface area (Å²) in [4.78, 5) is 19.5. The smallest absolute Gasteiger partial charge is 0.274 e. The minimum Gasteiger partial charge on any atom is -0.478 e. The van der Waals surface area contributed by atoms with Gasteiger partial charge in [0.15, 0.2) is 5.69 Å². The first-order chi connectivity index (χ1) is 14.7. The molecule has 5 rings (SSSR count). The number of ether oxygens (including phenoxy) is 1. The fraction of sp³-hybridized carbons (Fsp3) is 0.455. The molecule has 1 amide bonds. The molecule has 2 aromatic heterocycles. The Kier molecular flexibility index (Phi) is 4.98. The average Bonchev–Trinajstić information content (AvgIpc) is 3.41. The normalized spacial score (nSPS) is 18.7. The second-order valence-corrected chi connectivity index (χ2v) is 8.08. The fourth-order valence-corrected chi connectivity index (χ4v) is 4.27. The summed E-state index contributed by atoms with van der Waals surface area (Å²) in [5.41, 5.74) is 2.57. The van der Waals surface area contributed by atoms with Gasteiger partial charge in [-0.2, -0.15) is 10.1 Å². The van der Waals surface area contributed by atoms with Gasteiger partial charge in [-0.05, 0) is 31.2 Å². The Bertz CT molecular complexity index is 1030. The Hall–Kier alpha value is -3.16. The number of amides is 1. The molecular formula is C22H25N5O3. The van der Waals surface area contributed by atoms with E-state index in [9.17, 15) is 4.79 Å². The van der Waals surface area contributed by atoms with Crippen LogP contribution in [-0.4, -0.2) is 50.4 Å². The number of hydrogen-bond acceptors (Lipinski definition) is 6. The molecule has 1 fully saturated rings. The number of hydrogen-bond donors (Lipinski definition) is 0. The lowest BCUT2D eigenvalue weighted by Gasteiger charge is -2.31. The van der Waals surface area contributed by atoms with E-state index in [1.165, 1.54) is 0 Å². The maximum absolute atomic E-state index is 13.0. The topological polar surface area (TPSA) is 86.3 Å². The SMILES string of the molecule is Cc1ccccc1-c1noc(CC2CCCN(C(=O)c3cc4n(n3)CCCO4)C2)n1. The molecule has 1 saturated heterocycles. The first-order valence-electron chi connectivity index (χ1n) is 10.6. The van der Waals surface area contributed by atoms with Crippen LogP contribution < -0.4 is 4.74 Å². The zero-order chi connectivity index (χ0) is 20.5. The van der Waals surface area contributed by atoms with Gasteiger partial charge < -0.3 is 14.2 Å². The molecule has 4 heterocycles. The number of benzene rings is 1. The lowest BCUT2D eigenvalue weighted by atomic mass is 9.94. The van der Waals surface area contributed by atoms with Crippen molar-refractivity contribution in [2.75, 3.05) is 19.7 Å². The summed E-state index contributed by atoms with van der Waals surface area (Å²) in [5.74, 6) is 2.19. The molecule has 1 aromatic carbocycles. The van der Waals surface area contributed by atoms with Crippen LogP contribution in [0.4, 0.5) is 0 Å². The van der Waals surface area contributed by atoms with Crippen LogP contribution in [0.1, 0.15) is 41.2 Å². The number of fused-ring (bicyclic) bond motifs is 1. The summed E-state index contributed by atoms with van der Waals surface area (Å²) in [6.07, 6.45) is 3.59. The first-order valence-corrected chi connectivity index (χ1v) is 10.6. The number of nitrogens with zero attached hydrogens (tertiary/aromatic N) is 5. The second-order valence-electron chi connectivity index (χ2n) is 8.08. The predicted octanol–water partition coefficient (Wildman–Crippen LogP) is 3.12. The highest BCUT2D eigenvalue weighted by Crippen LogP contribution is 2.25. The number of rotatable bonds is 4. The number of aryl methyl sites for hydroxylation is 2. The highest BCUT2D eigenvalue weighted by molar-refractivity contribution is 5.92. The molecule has 0 spiro atoms. The van der Waals surface area contributed by atoms with Crippen molar-refractivity contribution < 1.29 is 14.1 Å². The Labute approximate surface area is 174 Å². The van der Waals surface area contributed by atoms with Crippen LogP contribution >= 0.6 is 0 Å². The Morgan fingerprint density at radius 1 is 1.23 bits per heavy atom. The van der Waals surface area contributed by atoms with E-state index >= 15 is 0 Å². The summed E-state index contributed by atoms with van der Waals surface area (Å²) in [7, 11) is 0. The molecule has 0 radical (unpaired) electrons. The summed E-state index contributed by atoms with van der Waals surface area (Å²) in [5, 5.41) is 8.60. The molecule has 2 aliphatic rings. The summed E-state index contributed by atoms with van der Waals surface area (Å²) in [6.45, 7) is 4.93. The maximum Gasteiger partial charge on any atom is 0.274 e. The van der Waals surface area contributed by atoms with E-state index in [1.54, 1.807) is 10.7 Å². The fourth-order valence-electron chi connectivity index (χ4n) is 4.27. The second kappa shape index (κ2) is 7.93. The van der Waals surface area contributed by atoms with Crippen LogP contribution in [0.3, 0.4) is 0 Å². The lowest BCUT2D eigenvalue weighted by Crippen LogP contribution is -2.40. The molecule has 156 valence electrons. The molecule has 1 atom stereocenters. The van der Waals surface area contributed by atoms with Crippen LogP contribution in [0, 0.1) is 12.8 Å². The van der Waals surface area contributed by atoms with Gasteiger partial charge in [-0.25, -0.2) is 4.68 Å². The third-order valence-corrected chi connectivity index (χ3v) is 5.85. The largest absolute Gasteiger partial charge is 0.478 e. The molecule has 1 unspecified atom stereocenters. The molecule has 0 N–H and O–H groups in total. The van der Waals surface area contributed by atoms with Crippen molar-refractivity contribution in [3.63, 3.8) is 0 Å². The quantitative estimate of drug-likeness (QED) is 0.661. The third kappa shape index (κ3) is 3.69. The van der Waals surface area contributed by atoms with Crippen molar-refractivity contribution >= 4 is 5.91 Å². The van der Waals surface area contributed by atoms with Gasteiger partial charge in [-0.3, -0.25) is 4.79 Å². The minimum absolute atomic E-state index is 0.0312. The van der Waals surface area contributed by atoms with Gasteiger partial charge in [0.25, 0.3) is 5.91 Å². The van der Waals surface area contributed by atoms with E-state index in [-0.39, 0.29) is 5.91 Å². The molecule has 2 aliphatic heterocycles. The van der Waals surface area contributed by atoms with E-state index in [4.69, 9.17) is 9.26 Å². The van der Waals surface area contributed by atoms with Crippen molar-refractivity contribution in [3.05, 3.63) is 47.5 Å². The predicted molar refractivity (Wildman–Crippen MR) is 109 cm³/mol. The zero-order valence-electron chi connectivity index (χ0n) is 17.1. The molecular weight excluding hydrogens is 382 g/mol. The zero-order valence-corrected chi connectivity index (χ0v) is 17.1. The monoisotopic (exact) mass is 407 g/mol. The van der Waals surface area contributed by atoms with Crippen molar-refractivity contribution in [3.8, 4) is 17.3 Å². The van der Waals surface area contributed by atoms with Crippen molar-refractivity contribution in [2.24, 2.45) is 5.92 Å². The highest BCUT2D eigenvalue weighted by Gasteiger charge is 2.28. The van der Waals surface area contributed by atoms with E-state index in [0.717, 1.165) is 43.5 Å². The molecule has 0 bridgehead atoms. The van der Waals surface area contributed by atoms with Crippen molar-refractivity contribution in [1.29, 1.82) is 0 Å². The van der Waals surface area contributed by atoms with Crippen LogP contribution in [0.15, 0.2) is 34.9 Å². The Morgan fingerprint density at radius 3 is 3.00 bits per heavy atom. The maximum atomic E-state index is 13.0. The molecule has 3 aromatic rings. The molecule has 8 nitrogen and oxygen atoms in total. The summed E-state index contributed by atoms with van der Waals surface area (Å²) >= 11 is 0. The number of aromatic nitrogens is 4. The van der Waals surface area contributed by atoms with Gasteiger partial charge in [-0.1, -0.05) is 29.4 Å². The van der Waals surface area contributed by atoms with E-state index in [0.29, 0.717) is 48.8 Å². The van der Waals surface area contributed by atoms with Crippen LogP contribution in [0.5, 0.6) is 5.88 Å². The highest BCUT2D eigenvalue weighted by atomic mass is 16.5. The lowest BCUT2D eigenvalue weighted by molar-refractivity contribution is 0.0661. The van der Waals surface area contributed by atoms with Crippen LogP contribution in [-0.2, 0) is 13.0 Å². The van der Waals surface area contributed by atoms with Crippen LogP contribution in [0.25, 0.3) is 11.4 Å². The third-order valence-electron chi connectivity index (χ3n) is 5.85. The number of carbonyl (C=O) groups is 1. The number of carbonyl (C=O) groups excluding carboxylic acids is 1. The summed E-state index contributed by atoms with van der Waals surface area (Å²) < 4.78 is 12.9. The average molecular weight is 407 g/mol. The van der Waals surface area contributed by atoms with Crippen molar-refractivity contribution in [1.82, 2.24) is 24.8 Å². The Balaban J connectivity index is 1.25. The van der Waals surface area contributed by atoms with E-state index in [1.807, 2.05) is 36.1 Å². The molecule has 8 heteroatoms. The molecule has 30 heavy (non-hydrogen) atoms. The van der Waals surface area contributed by atoms with Gasteiger partial charge in [0, 0.05) is 44.1 Å². The minimum atomic E-state index is -0.0312. The van der Waals surface area contributed by atoms with Gasteiger partial charge >= 0.3 is 0 Å². The Morgan fingerprint density at radius 2 is 2.13 bits per heavy atom. The van der Waals surface area contributed by atoms with Gasteiger partial charge in [-0.15, -0.1) is 0 Å². The number of piperidine rings is 1. The van der Waals surface area contributed by atoms with Gasteiger partial charge in [0.1, 0.15) is 0 Å². The number of likely N-dealkylation sites (tertiary alicyclic amines) is 1. The molecule has 0 aliphatic carbocycles. The van der Waals surface area contributed by atoms with E-state index in [2.05, 4.69) is 15.2 Å². The van der Waals surface area contributed by atoms with Gasteiger partial charge in [0.05, 0.1) is 6.61 Å². The van der Waals surface area contributed by atoms with Crippen LogP contribution in [0.2, 0.25) is 0 Å². The molecule has 0 saturated carbocycles. The first kappa shape index (κ1) is 18.8. The standard InChI is InChI=1S/C22H25N5O3/c1-15-6-2-3-8-17(15)21-23-19(30-25-21)12-16-7-4-9-26(14-16)22(28)18-13-20-27(24-18)10-5-11-29-20/h2-3,6,8,13,16H,4-5,7,9-12,14H2,1H3.